The maximum Gasteiger partial charge on any atom is 0.161 e. The average molecular weight is 258 g/mol. The van der Waals surface area contributed by atoms with Crippen LogP contribution in [-0.2, 0) is 6.42 Å². The molecule has 0 saturated carbocycles. The SMILES string of the molecule is CCc1nc(-c2ccc(O)c(C#N)c2)sc1C=O. The number of thiazole rings is 1. The summed E-state index contributed by atoms with van der Waals surface area (Å²) in [5, 5.41) is 19.0. The molecular weight excluding hydrogens is 248 g/mol. The Morgan fingerprint density at radius 1 is 1.56 bits per heavy atom. The zero-order valence-electron chi connectivity index (χ0n) is 9.67. The van der Waals surface area contributed by atoms with E-state index in [1.54, 1.807) is 12.1 Å². The number of nitrogens with zero attached hydrogens (tertiary/aromatic N) is 2. The Morgan fingerprint density at radius 3 is 2.89 bits per heavy atom. The summed E-state index contributed by atoms with van der Waals surface area (Å²) in [4.78, 5) is 15.9. The predicted octanol–water partition coefficient (Wildman–Crippen LogP) is 2.76. The van der Waals surface area contributed by atoms with E-state index in [1.165, 1.54) is 17.4 Å². The Kier molecular flexibility index (Phi) is 3.40. The second kappa shape index (κ2) is 4.98. The highest BCUT2D eigenvalue weighted by atomic mass is 32.1. The number of hydrogen-bond donors (Lipinski definition) is 1. The molecule has 0 spiro atoms. The number of carbonyl (C=O) groups excluding carboxylic acids is 1. The van der Waals surface area contributed by atoms with Crippen molar-refractivity contribution in [3.63, 3.8) is 0 Å². The number of phenols is 1. The molecule has 1 aromatic heterocycles. The van der Waals surface area contributed by atoms with Crippen molar-refractivity contribution >= 4 is 17.6 Å². The van der Waals surface area contributed by atoms with Crippen LogP contribution in [-0.4, -0.2) is 16.4 Å². The van der Waals surface area contributed by atoms with E-state index in [4.69, 9.17) is 5.26 Å². The lowest BCUT2D eigenvalue weighted by atomic mass is 10.1. The summed E-state index contributed by atoms with van der Waals surface area (Å²) in [6.45, 7) is 1.93. The average Bonchev–Trinajstić information content (AvgIpc) is 2.82. The molecule has 1 heterocycles. The molecule has 0 aliphatic heterocycles. The van der Waals surface area contributed by atoms with Gasteiger partial charge in [0.05, 0.1) is 16.1 Å². The number of nitriles is 1. The lowest BCUT2D eigenvalue weighted by Gasteiger charge is -1.99. The fraction of sp³-hybridized carbons (Fsp3) is 0.154. The van der Waals surface area contributed by atoms with Crippen LogP contribution in [0.15, 0.2) is 18.2 Å². The van der Waals surface area contributed by atoms with Crippen LogP contribution in [0.1, 0.15) is 27.9 Å². The first-order chi connectivity index (χ1) is 8.69. The molecule has 1 aromatic carbocycles. The van der Waals surface area contributed by atoms with E-state index in [0.717, 1.165) is 17.5 Å². The van der Waals surface area contributed by atoms with Gasteiger partial charge in [0.15, 0.2) is 6.29 Å². The quantitative estimate of drug-likeness (QED) is 0.859. The fourth-order valence-corrected chi connectivity index (χ4v) is 2.56. The highest BCUT2D eigenvalue weighted by Crippen LogP contribution is 2.30. The van der Waals surface area contributed by atoms with Crippen LogP contribution in [0, 0.1) is 11.3 Å². The number of aldehydes is 1. The Labute approximate surface area is 108 Å². The number of rotatable bonds is 3. The molecule has 0 atom stereocenters. The molecule has 0 amide bonds. The number of aromatic nitrogens is 1. The molecule has 90 valence electrons. The van der Waals surface area contributed by atoms with Crippen molar-refractivity contribution in [2.45, 2.75) is 13.3 Å². The van der Waals surface area contributed by atoms with Crippen molar-refractivity contribution in [1.82, 2.24) is 4.98 Å². The monoisotopic (exact) mass is 258 g/mol. The zero-order chi connectivity index (χ0) is 13.1. The molecular formula is C13H10N2O2S. The Morgan fingerprint density at radius 2 is 2.33 bits per heavy atom. The Balaban J connectivity index is 2.52. The van der Waals surface area contributed by atoms with E-state index in [9.17, 15) is 9.90 Å². The molecule has 2 rings (SSSR count). The maximum absolute atomic E-state index is 10.9. The van der Waals surface area contributed by atoms with Gasteiger partial charge >= 0.3 is 0 Å². The molecule has 0 fully saturated rings. The van der Waals surface area contributed by atoms with Gasteiger partial charge in [-0.1, -0.05) is 6.92 Å². The smallest absolute Gasteiger partial charge is 0.161 e. The van der Waals surface area contributed by atoms with E-state index in [1.807, 2.05) is 13.0 Å². The molecule has 18 heavy (non-hydrogen) atoms. The summed E-state index contributed by atoms with van der Waals surface area (Å²) in [6.07, 6.45) is 1.49. The van der Waals surface area contributed by atoms with Crippen molar-refractivity contribution in [1.29, 1.82) is 5.26 Å². The van der Waals surface area contributed by atoms with Gasteiger partial charge in [0.1, 0.15) is 16.8 Å². The van der Waals surface area contributed by atoms with Crippen LogP contribution in [0.3, 0.4) is 0 Å². The summed E-state index contributed by atoms with van der Waals surface area (Å²) in [7, 11) is 0. The van der Waals surface area contributed by atoms with Gasteiger partial charge in [-0.2, -0.15) is 5.26 Å². The molecule has 0 unspecified atom stereocenters. The highest BCUT2D eigenvalue weighted by molar-refractivity contribution is 7.16. The number of benzene rings is 1. The van der Waals surface area contributed by atoms with Gasteiger partial charge in [0, 0.05) is 5.56 Å². The molecule has 0 radical (unpaired) electrons. The molecule has 2 aromatic rings. The second-order valence-corrected chi connectivity index (χ2v) is 4.68. The van der Waals surface area contributed by atoms with Crippen molar-refractivity contribution in [3.8, 4) is 22.4 Å². The van der Waals surface area contributed by atoms with Crippen LogP contribution < -0.4 is 0 Å². The van der Waals surface area contributed by atoms with Crippen LogP contribution in [0.5, 0.6) is 5.75 Å². The largest absolute Gasteiger partial charge is 0.507 e. The Bertz CT molecular complexity index is 641. The zero-order valence-corrected chi connectivity index (χ0v) is 10.5. The lowest BCUT2D eigenvalue weighted by Crippen LogP contribution is -1.86. The van der Waals surface area contributed by atoms with Crippen molar-refractivity contribution < 1.29 is 9.90 Å². The highest BCUT2D eigenvalue weighted by Gasteiger charge is 2.12. The minimum absolute atomic E-state index is 0.0517. The normalized spacial score (nSPS) is 10.0. The molecule has 4 nitrogen and oxygen atoms in total. The van der Waals surface area contributed by atoms with Crippen LogP contribution in [0.4, 0.5) is 0 Å². The number of aromatic hydroxyl groups is 1. The molecule has 0 bridgehead atoms. The van der Waals surface area contributed by atoms with E-state index in [-0.39, 0.29) is 11.3 Å². The van der Waals surface area contributed by atoms with Crippen LogP contribution in [0.2, 0.25) is 0 Å². The van der Waals surface area contributed by atoms with E-state index in [2.05, 4.69) is 4.98 Å². The van der Waals surface area contributed by atoms with Crippen molar-refractivity contribution in [2.75, 3.05) is 0 Å². The predicted molar refractivity (Wildman–Crippen MR) is 68.7 cm³/mol. The summed E-state index contributed by atoms with van der Waals surface area (Å²) in [6, 6.07) is 6.63. The molecule has 1 N–H and O–H groups in total. The summed E-state index contributed by atoms with van der Waals surface area (Å²) >= 11 is 1.29. The standard InChI is InChI=1S/C13H10N2O2S/c1-2-10-12(7-16)18-13(15-10)8-3-4-11(17)9(5-8)6-14/h3-5,7,17H,2H2,1H3. The van der Waals surface area contributed by atoms with Gasteiger partial charge in [-0.15, -0.1) is 11.3 Å². The number of hydrogen-bond acceptors (Lipinski definition) is 5. The van der Waals surface area contributed by atoms with Gasteiger partial charge < -0.3 is 5.11 Å². The maximum atomic E-state index is 10.9. The van der Waals surface area contributed by atoms with Crippen LogP contribution in [0.25, 0.3) is 10.6 Å². The minimum Gasteiger partial charge on any atom is -0.507 e. The third-order valence-corrected chi connectivity index (χ3v) is 3.61. The molecule has 0 aliphatic carbocycles. The van der Waals surface area contributed by atoms with E-state index >= 15 is 0 Å². The molecule has 0 saturated heterocycles. The third kappa shape index (κ3) is 2.11. The van der Waals surface area contributed by atoms with Crippen molar-refractivity contribution in [3.05, 3.63) is 34.3 Å². The van der Waals surface area contributed by atoms with E-state index < -0.39 is 0 Å². The van der Waals surface area contributed by atoms with Gasteiger partial charge in [0.25, 0.3) is 0 Å². The summed E-state index contributed by atoms with van der Waals surface area (Å²) in [5.74, 6) is -0.0517. The van der Waals surface area contributed by atoms with Crippen molar-refractivity contribution in [2.24, 2.45) is 0 Å². The van der Waals surface area contributed by atoms with Gasteiger partial charge in [-0.3, -0.25) is 4.79 Å². The van der Waals surface area contributed by atoms with Gasteiger partial charge in [0.2, 0.25) is 0 Å². The molecule has 0 aliphatic rings. The topological polar surface area (TPSA) is 74.0 Å². The fourth-order valence-electron chi connectivity index (χ4n) is 1.59. The second-order valence-electron chi connectivity index (χ2n) is 3.65. The first-order valence-electron chi connectivity index (χ1n) is 5.38. The minimum atomic E-state index is -0.0517. The first-order valence-corrected chi connectivity index (χ1v) is 6.19. The third-order valence-electron chi connectivity index (χ3n) is 2.53. The van der Waals surface area contributed by atoms with Gasteiger partial charge in [-0.05, 0) is 24.6 Å². The summed E-state index contributed by atoms with van der Waals surface area (Å²) in [5.41, 5.74) is 1.70. The number of aryl methyl sites for hydroxylation is 1. The molecule has 5 heteroatoms. The van der Waals surface area contributed by atoms with E-state index in [0.29, 0.717) is 16.3 Å². The first kappa shape index (κ1) is 12.3. The van der Waals surface area contributed by atoms with Crippen LogP contribution >= 0.6 is 11.3 Å². The lowest BCUT2D eigenvalue weighted by molar-refractivity contribution is 0.112. The summed E-state index contributed by atoms with van der Waals surface area (Å²) < 4.78 is 0. The number of phenolic OH excluding ortho intramolecular Hbond substituents is 1. The Hall–Kier alpha value is -2.19. The van der Waals surface area contributed by atoms with Gasteiger partial charge in [-0.25, -0.2) is 4.98 Å². The number of carbonyl (C=O) groups is 1.